The van der Waals surface area contributed by atoms with Crippen LogP contribution in [0.15, 0.2) is 28.7 Å². The lowest BCUT2D eigenvalue weighted by Crippen LogP contribution is -2.33. The van der Waals surface area contributed by atoms with Crippen molar-refractivity contribution in [2.75, 3.05) is 26.2 Å². The minimum atomic E-state index is -0.254. The van der Waals surface area contributed by atoms with Crippen LogP contribution in [0.2, 0.25) is 0 Å². The van der Waals surface area contributed by atoms with Crippen molar-refractivity contribution in [3.05, 3.63) is 34.3 Å². The van der Waals surface area contributed by atoms with Gasteiger partial charge in [0.25, 0.3) is 0 Å². The van der Waals surface area contributed by atoms with Crippen molar-refractivity contribution in [2.24, 2.45) is 0 Å². The molecule has 3 nitrogen and oxygen atoms in total. The smallest absolute Gasteiger partial charge is 0.122 e. The quantitative estimate of drug-likeness (QED) is 0.841. The predicted octanol–water partition coefficient (Wildman–Crippen LogP) is 2.95. The van der Waals surface area contributed by atoms with E-state index in [0.29, 0.717) is 0 Å². The van der Waals surface area contributed by atoms with Gasteiger partial charge in [0.05, 0.1) is 6.07 Å². The van der Waals surface area contributed by atoms with E-state index in [4.69, 9.17) is 0 Å². The first-order chi connectivity index (χ1) is 8.72. The Kier molecular flexibility index (Phi) is 6.96. The third kappa shape index (κ3) is 4.41. The van der Waals surface area contributed by atoms with Crippen LogP contribution in [0.25, 0.3) is 0 Å². The molecule has 1 atom stereocenters. The van der Waals surface area contributed by atoms with Gasteiger partial charge < -0.3 is 4.90 Å². The molecule has 0 radical (unpaired) electrons. The van der Waals surface area contributed by atoms with Gasteiger partial charge in [0.15, 0.2) is 0 Å². The third-order valence-corrected chi connectivity index (χ3v) is 3.74. The van der Waals surface area contributed by atoms with E-state index in [0.717, 1.165) is 36.2 Å². The molecule has 0 heterocycles. The zero-order valence-electron chi connectivity index (χ0n) is 11.0. The van der Waals surface area contributed by atoms with Gasteiger partial charge in [0.2, 0.25) is 0 Å². The highest BCUT2D eigenvalue weighted by Gasteiger charge is 2.12. The van der Waals surface area contributed by atoms with Crippen molar-refractivity contribution in [3.63, 3.8) is 0 Å². The fourth-order valence-corrected chi connectivity index (χ4v) is 2.35. The van der Waals surface area contributed by atoms with Gasteiger partial charge in [0, 0.05) is 17.6 Å². The molecule has 0 saturated carbocycles. The molecule has 1 aromatic carbocycles. The lowest BCUT2D eigenvalue weighted by molar-refractivity contribution is 0.300. The normalized spacial score (nSPS) is 12.4. The Balaban J connectivity index is 2.54. The molecule has 0 saturated heterocycles. The lowest BCUT2D eigenvalue weighted by atomic mass is 10.1. The van der Waals surface area contributed by atoms with Gasteiger partial charge in [0.1, 0.15) is 6.04 Å². The number of halogens is 1. The van der Waals surface area contributed by atoms with Crippen LogP contribution < -0.4 is 5.32 Å². The zero-order valence-corrected chi connectivity index (χ0v) is 12.6. The molecule has 1 unspecified atom stereocenters. The number of rotatable bonds is 7. The Morgan fingerprint density at radius 2 is 2.00 bits per heavy atom. The molecule has 0 aromatic heterocycles. The highest BCUT2D eigenvalue weighted by molar-refractivity contribution is 9.10. The Labute approximate surface area is 118 Å². The maximum absolute atomic E-state index is 9.24. The summed E-state index contributed by atoms with van der Waals surface area (Å²) in [4.78, 5) is 2.33. The average Bonchev–Trinajstić information content (AvgIpc) is 2.40. The molecule has 0 aliphatic heterocycles. The second-order valence-electron chi connectivity index (χ2n) is 4.06. The van der Waals surface area contributed by atoms with E-state index in [1.807, 2.05) is 24.3 Å². The van der Waals surface area contributed by atoms with Crippen molar-refractivity contribution in [1.82, 2.24) is 10.2 Å². The van der Waals surface area contributed by atoms with Crippen molar-refractivity contribution >= 4 is 15.9 Å². The summed E-state index contributed by atoms with van der Waals surface area (Å²) >= 11 is 3.48. The van der Waals surface area contributed by atoms with E-state index in [2.05, 4.69) is 46.1 Å². The first kappa shape index (κ1) is 15.2. The maximum Gasteiger partial charge on any atom is 0.122 e. The summed E-state index contributed by atoms with van der Waals surface area (Å²) in [5.41, 5.74) is 1.000. The zero-order chi connectivity index (χ0) is 13.4. The Bertz CT molecular complexity index is 396. The fourth-order valence-electron chi connectivity index (χ4n) is 1.84. The number of nitriles is 1. The number of nitrogens with zero attached hydrogens (tertiary/aromatic N) is 2. The molecule has 1 N–H and O–H groups in total. The van der Waals surface area contributed by atoms with E-state index < -0.39 is 0 Å². The molecule has 18 heavy (non-hydrogen) atoms. The topological polar surface area (TPSA) is 39.1 Å². The number of nitrogens with one attached hydrogen (secondary N) is 1. The summed E-state index contributed by atoms with van der Waals surface area (Å²) in [6.07, 6.45) is 0. The molecular formula is C14H20BrN3. The Hall–Kier alpha value is -0.890. The van der Waals surface area contributed by atoms with Gasteiger partial charge in [-0.2, -0.15) is 5.26 Å². The van der Waals surface area contributed by atoms with Crippen molar-refractivity contribution in [2.45, 2.75) is 19.9 Å². The van der Waals surface area contributed by atoms with E-state index >= 15 is 0 Å². The summed E-state index contributed by atoms with van der Waals surface area (Å²) in [5.74, 6) is 0. The van der Waals surface area contributed by atoms with Gasteiger partial charge in [-0.1, -0.05) is 48.0 Å². The van der Waals surface area contributed by atoms with Crippen LogP contribution in [0.1, 0.15) is 25.5 Å². The van der Waals surface area contributed by atoms with Crippen molar-refractivity contribution in [3.8, 4) is 6.07 Å². The highest BCUT2D eigenvalue weighted by Crippen LogP contribution is 2.22. The SMILES string of the molecule is CCN(CC)CCNC(C#N)c1ccccc1Br. The number of hydrogen-bond acceptors (Lipinski definition) is 3. The molecule has 0 aliphatic carbocycles. The molecule has 0 aliphatic rings. The third-order valence-electron chi connectivity index (χ3n) is 3.02. The van der Waals surface area contributed by atoms with Gasteiger partial charge >= 0.3 is 0 Å². The minimum absolute atomic E-state index is 0.254. The molecular weight excluding hydrogens is 290 g/mol. The summed E-state index contributed by atoms with van der Waals surface area (Å²) in [7, 11) is 0. The lowest BCUT2D eigenvalue weighted by Gasteiger charge is -2.20. The van der Waals surface area contributed by atoms with Crippen molar-refractivity contribution < 1.29 is 0 Å². The maximum atomic E-state index is 9.24. The molecule has 0 fully saturated rings. The monoisotopic (exact) mass is 309 g/mol. The van der Waals surface area contributed by atoms with E-state index in [9.17, 15) is 5.26 Å². The van der Waals surface area contributed by atoms with E-state index in [1.165, 1.54) is 0 Å². The van der Waals surface area contributed by atoms with E-state index in [1.54, 1.807) is 0 Å². The van der Waals surface area contributed by atoms with Crippen LogP contribution >= 0.6 is 15.9 Å². The first-order valence-corrected chi connectivity index (χ1v) is 7.12. The second-order valence-corrected chi connectivity index (χ2v) is 4.92. The Morgan fingerprint density at radius 3 is 2.56 bits per heavy atom. The average molecular weight is 310 g/mol. The van der Waals surface area contributed by atoms with Gasteiger partial charge in [-0.3, -0.25) is 5.32 Å². The predicted molar refractivity (Wildman–Crippen MR) is 78.3 cm³/mol. The molecule has 98 valence electrons. The Morgan fingerprint density at radius 1 is 1.33 bits per heavy atom. The van der Waals surface area contributed by atoms with Crippen LogP contribution in [-0.2, 0) is 0 Å². The number of likely N-dealkylation sites (N-methyl/N-ethyl adjacent to an activating group) is 1. The first-order valence-electron chi connectivity index (χ1n) is 6.32. The number of hydrogen-bond donors (Lipinski definition) is 1. The molecule has 1 rings (SSSR count). The fraction of sp³-hybridized carbons (Fsp3) is 0.500. The van der Waals surface area contributed by atoms with Gasteiger partial charge in [-0.25, -0.2) is 0 Å². The minimum Gasteiger partial charge on any atom is -0.303 e. The van der Waals surface area contributed by atoms with Gasteiger partial charge in [-0.15, -0.1) is 0 Å². The summed E-state index contributed by atoms with van der Waals surface area (Å²) < 4.78 is 0.979. The standard InChI is InChI=1S/C14H20BrN3/c1-3-18(4-2)10-9-17-14(11-16)12-7-5-6-8-13(12)15/h5-8,14,17H,3-4,9-10H2,1-2H3. The van der Waals surface area contributed by atoms with Crippen molar-refractivity contribution in [1.29, 1.82) is 5.26 Å². The summed E-state index contributed by atoms with van der Waals surface area (Å²) in [6.45, 7) is 8.18. The number of benzene rings is 1. The second kappa shape index (κ2) is 8.25. The molecule has 4 heteroatoms. The molecule has 0 spiro atoms. The molecule has 0 amide bonds. The van der Waals surface area contributed by atoms with Crippen LogP contribution in [0.3, 0.4) is 0 Å². The van der Waals surface area contributed by atoms with Gasteiger partial charge in [-0.05, 0) is 24.7 Å². The summed E-state index contributed by atoms with van der Waals surface area (Å²) in [5, 5.41) is 12.5. The molecule has 0 bridgehead atoms. The largest absolute Gasteiger partial charge is 0.303 e. The highest BCUT2D eigenvalue weighted by atomic mass is 79.9. The van der Waals surface area contributed by atoms with Crippen LogP contribution in [0, 0.1) is 11.3 Å². The molecule has 1 aromatic rings. The van der Waals surface area contributed by atoms with Crippen LogP contribution in [0.5, 0.6) is 0 Å². The van der Waals surface area contributed by atoms with E-state index in [-0.39, 0.29) is 6.04 Å². The summed E-state index contributed by atoms with van der Waals surface area (Å²) in [6, 6.07) is 9.91. The van der Waals surface area contributed by atoms with Crippen LogP contribution in [0.4, 0.5) is 0 Å². The van der Waals surface area contributed by atoms with Crippen LogP contribution in [-0.4, -0.2) is 31.1 Å².